The zero-order valence-electron chi connectivity index (χ0n) is 16.2. The van der Waals surface area contributed by atoms with Crippen molar-refractivity contribution in [3.63, 3.8) is 0 Å². The van der Waals surface area contributed by atoms with Gasteiger partial charge in [-0.1, -0.05) is 30.3 Å². The average molecular weight is 377 g/mol. The summed E-state index contributed by atoms with van der Waals surface area (Å²) in [6, 6.07) is 14.6. The van der Waals surface area contributed by atoms with Crippen LogP contribution in [0, 0.1) is 12.8 Å². The van der Waals surface area contributed by atoms with E-state index in [0.29, 0.717) is 12.3 Å². The highest BCUT2D eigenvalue weighted by Crippen LogP contribution is 2.39. The van der Waals surface area contributed by atoms with Crippen LogP contribution in [-0.2, 0) is 11.2 Å². The molecule has 5 nitrogen and oxygen atoms in total. The van der Waals surface area contributed by atoms with Gasteiger partial charge >= 0.3 is 0 Å². The maximum Gasteiger partial charge on any atom is 0.252 e. The molecule has 1 fully saturated rings. The molecule has 1 aliphatic heterocycles. The monoisotopic (exact) mass is 377 g/mol. The number of nitrogens with zero attached hydrogens (tertiary/aromatic N) is 1. The minimum Gasteiger partial charge on any atom is -0.356 e. The first kappa shape index (κ1) is 18.7. The van der Waals surface area contributed by atoms with Crippen LogP contribution < -0.4 is 10.6 Å². The largest absolute Gasteiger partial charge is 0.356 e. The molecule has 1 unspecified atom stereocenters. The van der Waals surface area contributed by atoms with Crippen molar-refractivity contribution in [2.75, 3.05) is 0 Å². The highest BCUT2D eigenvalue weighted by molar-refractivity contribution is 5.95. The minimum absolute atomic E-state index is 0.180. The van der Waals surface area contributed by atoms with E-state index >= 15 is 0 Å². The van der Waals surface area contributed by atoms with Crippen LogP contribution >= 0.6 is 0 Å². The van der Waals surface area contributed by atoms with Gasteiger partial charge in [0.1, 0.15) is 0 Å². The molecular formula is C23H27N3O2. The zero-order valence-corrected chi connectivity index (χ0v) is 16.2. The predicted octanol–water partition coefficient (Wildman–Crippen LogP) is 3.16. The SMILES string of the molecule is Cc1cc(CC2=C(C3CCC(c4ccccc4)CC3)NC(O)NC2=O)ccn1. The Morgan fingerprint density at radius 3 is 2.46 bits per heavy atom. The van der Waals surface area contributed by atoms with E-state index in [1.165, 1.54) is 5.56 Å². The lowest BCUT2D eigenvalue weighted by Crippen LogP contribution is -2.52. The summed E-state index contributed by atoms with van der Waals surface area (Å²) in [5.41, 5.74) is 5.05. The van der Waals surface area contributed by atoms with Crippen LogP contribution in [0.25, 0.3) is 0 Å². The number of aliphatic hydroxyl groups excluding tert-OH is 1. The fourth-order valence-corrected chi connectivity index (χ4v) is 4.50. The fourth-order valence-electron chi connectivity index (χ4n) is 4.50. The number of hydrogen-bond donors (Lipinski definition) is 3. The second-order valence-electron chi connectivity index (χ2n) is 7.85. The molecule has 4 rings (SSSR count). The molecular weight excluding hydrogens is 350 g/mol. The number of aliphatic hydroxyl groups is 1. The Bertz CT molecular complexity index is 870. The van der Waals surface area contributed by atoms with Gasteiger partial charge in [-0.3, -0.25) is 9.78 Å². The number of hydrogen-bond acceptors (Lipinski definition) is 4. The van der Waals surface area contributed by atoms with E-state index in [2.05, 4.69) is 45.9 Å². The highest BCUT2D eigenvalue weighted by Gasteiger charge is 2.32. The molecule has 1 aliphatic carbocycles. The molecule has 2 heterocycles. The topological polar surface area (TPSA) is 74.2 Å². The predicted molar refractivity (Wildman–Crippen MR) is 108 cm³/mol. The van der Waals surface area contributed by atoms with Crippen LogP contribution in [0.2, 0.25) is 0 Å². The van der Waals surface area contributed by atoms with Crippen molar-refractivity contribution in [2.24, 2.45) is 5.92 Å². The molecule has 0 bridgehead atoms. The van der Waals surface area contributed by atoms with Crippen LogP contribution in [-0.4, -0.2) is 22.3 Å². The third-order valence-corrected chi connectivity index (χ3v) is 5.91. The number of aromatic nitrogens is 1. The summed E-state index contributed by atoms with van der Waals surface area (Å²) in [6.45, 7) is 1.95. The molecule has 1 atom stereocenters. The van der Waals surface area contributed by atoms with Crippen LogP contribution in [0.4, 0.5) is 0 Å². The fraction of sp³-hybridized carbons (Fsp3) is 0.391. The zero-order chi connectivity index (χ0) is 19.5. The van der Waals surface area contributed by atoms with E-state index in [9.17, 15) is 9.90 Å². The summed E-state index contributed by atoms with van der Waals surface area (Å²) in [5, 5.41) is 15.8. The second kappa shape index (κ2) is 8.15. The summed E-state index contributed by atoms with van der Waals surface area (Å²) in [5.74, 6) is 0.672. The molecule has 1 aromatic heterocycles. The number of allylic oxidation sites excluding steroid dienone is 1. The third-order valence-electron chi connectivity index (χ3n) is 5.91. The van der Waals surface area contributed by atoms with Crippen molar-refractivity contribution in [1.82, 2.24) is 15.6 Å². The van der Waals surface area contributed by atoms with E-state index in [4.69, 9.17) is 0 Å². The Kier molecular flexibility index (Phi) is 5.44. The van der Waals surface area contributed by atoms with Gasteiger partial charge in [0, 0.05) is 29.6 Å². The molecule has 146 valence electrons. The first-order chi connectivity index (χ1) is 13.6. The number of carbonyl (C=O) groups is 1. The number of amides is 1. The van der Waals surface area contributed by atoms with Gasteiger partial charge in [0.05, 0.1) is 0 Å². The van der Waals surface area contributed by atoms with Gasteiger partial charge in [-0.2, -0.15) is 0 Å². The van der Waals surface area contributed by atoms with Crippen LogP contribution in [0.15, 0.2) is 59.9 Å². The number of benzene rings is 1. The molecule has 2 aromatic rings. The molecule has 3 N–H and O–H groups in total. The minimum atomic E-state index is -1.02. The Morgan fingerprint density at radius 2 is 1.75 bits per heavy atom. The molecule has 2 aliphatic rings. The Hall–Kier alpha value is -2.66. The van der Waals surface area contributed by atoms with Crippen LogP contribution in [0.1, 0.15) is 48.4 Å². The van der Waals surface area contributed by atoms with Crippen molar-refractivity contribution in [1.29, 1.82) is 0 Å². The molecule has 0 radical (unpaired) electrons. The molecule has 0 saturated heterocycles. The highest BCUT2D eigenvalue weighted by atomic mass is 16.3. The van der Waals surface area contributed by atoms with Crippen LogP contribution in [0.3, 0.4) is 0 Å². The quantitative estimate of drug-likeness (QED) is 0.765. The van der Waals surface area contributed by atoms with Crippen molar-refractivity contribution in [3.05, 3.63) is 76.8 Å². The lowest BCUT2D eigenvalue weighted by Gasteiger charge is -2.35. The Labute approximate surface area is 165 Å². The first-order valence-corrected chi connectivity index (χ1v) is 10.0. The first-order valence-electron chi connectivity index (χ1n) is 10.0. The van der Waals surface area contributed by atoms with Crippen molar-refractivity contribution in [3.8, 4) is 0 Å². The van der Waals surface area contributed by atoms with Gasteiger partial charge in [0.2, 0.25) is 6.35 Å². The van der Waals surface area contributed by atoms with Gasteiger partial charge in [-0.15, -0.1) is 0 Å². The summed E-state index contributed by atoms with van der Waals surface area (Å²) in [6.07, 6.45) is 5.53. The maximum absolute atomic E-state index is 12.6. The smallest absolute Gasteiger partial charge is 0.252 e. The average Bonchev–Trinajstić information content (AvgIpc) is 2.71. The van der Waals surface area contributed by atoms with Crippen molar-refractivity contribution in [2.45, 2.75) is 51.3 Å². The number of carbonyl (C=O) groups excluding carboxylic acids is 1. The van der Waals surface area contributed by atoms with Crippen molar-refractivity contribution >= 4 is 5.91 Å². The number of pyridine rings is 1. The molecule has 1 amide bonds. The molecule has 5 heteroatoms. The van der Waals surface area contributed by atoms with Crippen molar-refractivity contribution < 1.29 is 9.90 Å². The van der Waals surface area contributed by atoms with E-state index in [1.54, 1.807) is 6.20 Å². The summed E-state index contributed by atoms with van der Waals surface area (Å²) < 4.78 is 0. The molecule has 1 aromatic carbocycles. The second-order valence-corrected chi connectivity index (χ2v) is 7.85. The van der Waals surface area contributed by atoms with Gasteiger partial charge in [0.15, 0.2) is 0 Å². The Morgan fingerprint density at radius 1 is 1.04 bits per heavy atom. The summed E-state index contributed by atoms with van der Waals surface area (Å²) in [7, 11) is 0. The van der Waals surface area contributed by atoms with Crippen LogP contribution in [0.5, 0.6) is 0 Å². The third kappa shape index (κ3) is 4.09. The number of aryl methyl sites for hydroxylation is 1. The molecule has 0 spiro atoms. The van der Waals surface area contributed by atoms with Gasteiger partial charge in [-0.05, 0) is 67.7 Å². The normalized spacial score (nSPS) is 25.2. The van der Waals surface area contributed by atoms with Gasteiger partial charge in [-0.25, -0.2) is 0 Å². The number of rotatable bonds is 4. The van der Waals surface area contributed by atoms with E-state index < -0.39 is 6.35 Å². The molecule has 1 saturated carbocycles. The lowest BCUT2D eigenvalue weighted by atomic mass is 9.76. The van der Waals surface area contributed by atoms with E-state index in [1.807, 2.05) is 19.1 Å². The van der Waals surface area contributed by atoms with Gasteiger partial charge < -0.3 is 15.7 Å². The van der Waals surface area contributed by atoms with Gasteiger partial charge in [0.25, 0.3) is 5.91 Å². The van der Waals surface area contributed by atoms with E-state index in [0.717, 1.165) is 48.2 Å². The molecule has 28 heavy (non-hydrogen) atoms. The lowest BCUT2D eigenvalue weighted by molar-refractivity contribution is -0.122. The summed E-state index contributed by atoms with van der Waals surface area (Å²) in [4.78, 5) is 16.9. The summed E-state index contributed by atoms with van der Waals surface area (Å²) >= 11 is 0. The Balaban J connectivity index is 1.55. The number of nitrogens with one attached hydrogen (secondary N) is 2. The maximum atomic E-state index is 12.6. The van der Waals surface area contributed by atoms with E-state index in [-0.39, 0.29) is 11.8 Å². The standard InChI is InChI=1S/C23H27N3O2/c1-15-13-16(11-12-24-15)14-20-21(25-23(28)26-22(20)27)19-9-7-18(8-10-19)17-5-3-2-4-6-17/h2-6,11-13,18-19,23,25,28H,7-10,14H2,1H3,(H,26,27).